The highest BCUT2D eigenvalue weighted by Crippen LogP contribution is 2.28. The fourth-order valence-corrected chi connectivity index (χ4v) is 5.52. The normalized spacial score (nSPS) is 16.3. The average Bonchev–Trinajstić information content (AvgIpc) is 3.51. The fraction of sp³-hybridized carbons (Fsp3) is 0.310. The summed E-state index contributed by atoms with van der Waals surface area (Å²) in [6.07, 6.45) is 8.21. The number of anilines is 5. The summed E-state index contributed by atoms with van der Waals surface area (Å²) in [4.78, 5) is 22.4. The summed E-state index contributed by atoms with van der Waals surface area (Å²) >= 11 is 5.82. The molecule has 2 N–H and O–H groups in total. The van der Waals surface area contributed by atoms with Crippen LogP contribution in [-0.2, 0) is 0 Å². The molecule has 4 aromatic rings. The lowest BCUT2D eigenvalue weighted by Crippen LogP contribution is -2.43. The maximum absolute atomic E-state index is 14.3. The maximum atomic E-state index is 14.3. The Kier molecular flexibility index (Phi) is 7.70. The third kappa shape index (κ3) is 5.97. The second-order valence-corrected chi connectivity index (χ2v) is 10.4. The molecule has 0 saturated carbocycles. The minimum absolute atomic E-state index is 0.000461. The first-order valence-corrected chi connectivity index (χ1v) is 13.8. The topological polar surface area (TPSA) is 82.1 Å². The third-order valence-corrected chi connectivity index (χ3v) is 7.72. The quantitative estimate of drug-likeness (QED) is 0.250. The first-order chi connectivity index (χ1) is 19.5. The van der Waals surface area contributed by atoms with E-state index < -0.39 is 11.6 Å². The minimum Gasteiger partial charge on any atom is -0.371 e. The second kappa shape index (κ2) is 11.7. The van der Waals surface area contributed by atoms with E-state index in [4.69, 9.17) is 11.6 Å². The van der Waals surface area contributed by atoms with Crippen LogP contribution < -0.4 is 15.5 Å². The van der Waals surface area contributed by atoms with Crippen LogP contribution in [0.25, 0.3) is 11.4 Å². The Hall–Kier alpha value is -3.89. The van der Waals surface area contributed by atoms with Crippen LogP contribution in [0.5, 0.6) is 0 Å². The van der Waals surface area contributed by atoms with Crippen LogP contribution in [-0.4, -0.2) is 57.1 Å². The van der Waals surface area contributed by atoms with Gasteiger partial charge in [-0.15, -0.1) is 0 Å². The molecule has 0 aliphatic carbocycles. The number of rotatable bonds is 7. The van der Waals surface area contributed by atoms with Gasteiger partial charge in [-0.3, -0.25) is 0 Å². The largest absolute Gasteiger partial charge is 0.371 e. The number of halogens is 3. The smallest absolute Gasteiger partial charge is 0.229 e. The zero-order valence-corrected chi connectivity index (χ0v) is 22.6. The molecule has 0 bridgehead atoms. The molecule has 2 fully saturated rings. The van der Waals surface area contributed by atoms with Crippen LogP contribution in [0.2, 0.25) is 5.02 Å². The van der Waals surface area contributed by atoms with Gasteiger partial charge in [0.25, 0.3) is 0 Å². The summed E-state index contributed by atoms with van der Waals surface area (Å²) in [7, 11) is 0. The molecule has 2 aliphatic rings. The zero-order valence-electron chi connectivity index (χ0n) is 21.8. The van der Waals surface area contributed by atoms with E-state index in [0.717, 1.165) is 24.8 Å². The molecule has 0 atom stereocenters. The number of nitrogens with zero attached hydrogens (tertiary/aromatic N) is 6. The van der Waals surface area contributed by atoms with Crippen LogP contribution in [0, 0.1) is 11.6 Å². The highest BCUT2D eigenvalue weighted by atomic mass is 35.5. The molecule has 2 saturated heterocycles. The molecular formula is C29H29ClF2N8. The summed E-state index contributed by atoms with van der Waals surface area (Å²) in [5.74, 6) is -0.299. The number of aromatic nitrogens is 4. The second-order valence-electron chi connectivity index (χ2n) is 10.0. The van der Waals surface area contributed by atoms with Crippen molar-refractivity contribution >= 4 is 40.6 Å². The number of piperidine rings is 1. The molecule has 4 heterocycles. The van der Waals surface area contributed by atoms with Gasteiger partial charge in [-0.1, -0.05) is 11.6 Å². The Morgan fingerprint density at radius 2 is 1.48 bits per heavy atom. The molecule has 6 rings (SSSR count). The van der Waals surface area contributed by atoms with E-state index in [1.54, 1.807) is 18.3 Å². The lowest BCUT2D eigenvalue weighted by molar-refractivity contribution is 0.208. The van der Waals surface area contributed by atoms with Crippen molar-refractivity contribution in [1.29, 1.82) is 0 Å². The van der Waals surface area contributed by atoms with Crippen molar-refractivity contribution in [2.24, 2.45) is 0 Å². The van der Waals surface area contributed by atoms with Crippen LogP contribution in [0.4, 0.5) is 37.7 Å². The standard InChI is InChI=1S/C29H29ClF2N8/c30-23-17-22(24(31)18-25(23)32)28-33-11-7-26(37-28)36-27-8-12-34-29(38-27)35-19-3-5-20(6-4-19)40-15-9-21(10-16-40)39-13-1-2-14-39/h3-8,11-12,17-18,21H,1-2,9-10,13-16H2,(H2,33,34,35,36,37,38). The van der Waals surface area contributed by atoms with Crippen molar-refractivity contribution in [3.8, 4) is 11.4 Å². The average molecular weight is 563 g/mol. The highest BCUT2D eigenvalue weighted by Gasteiger charge is 2.26. The predicted molar refractivity (Wildman–Crippen MR) is 153 cm³/mol. The van der Waals surface area contributed by atoms with Gasteiger partial charge in [-0.25, -0.2) is 23.7 Å². The summed E-state index contributed by atoms with van der Waals surface area (Å²) < 4.78 is 27.9. The van der Waals surface area contributed by atoms with E-state index in [2.05, 4.69) is 52.5 Å². The minimum atomic E-state index is -0.842. The fourth-order valence-electron chi connectivity index (χ4n) is 5.35. The van der Waals surface area contributed by atoms with Crippen molar-refractivity contribution in [2.45, 2.75) is 31.7 Å². The van der Waals surface area contributed by atoms with Crippen molar-refractivity contribution < 1.29 is 8.78 Å². The Balaban J connectivity index is 1.09. The van der Waals surface area contributed by atoms with Gasteiger partial charge >= 0.3 is 0 Å². The molecular weight excluding hydrogens is 534 g/mol. The van der Waals surface area contributed by atoms with Gasteiger partial charge in [0.1, 0.15) is 23.3 Å². The molecule has 8 nitrogen and oxygen atoms in total. The van der Waals surface area contributed by atoms with Gasteiger partial charge in [-0.2, -0.15) is 4.98 Å². The van der Waals surface area contributed by atoms with Crippen LogP contribution in [0.1, 0.15) is 25.7 Å². The van der Waals surface area contributed by atoms with E-state index in [1.807, 2.05) is 12.1 Å². The van der Waals surface area contributed by atoms with E-state index >= 15 is 0 Å². The zero-order chi connectivity index (χ0) is 27.5. The first kappa shape index (κ1) is 26.3. The molecule has 0 radical (unpaired) electrons. The Bertz CT molecular complexity index is 1470. The number of nitrogens with one attached hydrogen (secondary N) is 2. The highest BCUT2D eigenvalue weighted by molar-refractivity contribution is 6.31. The number of hydrogen-bond donors (Lipinski definition) is 2. The van der Waals surface area contributed by atoms with E-state index in [9.17, 15) is 8.78 Å². The molecule has 2 aliphatic heterocycles. The SMILES string of the molecule is Fc1cc(F)c(-c2nccc(Nc3ccnc(Nc4ccc(N5CCC(N6CCCC6)CC5)cc4)n3)n2)cc1Cl. The molecule has 206 valence electrons. The van der Waals surface area contributed by atoms with E-state index in [0.29, 0.717) is 23.7 Å². The van der Waals surface area contributed by atoms with E-state index in [-0.39, 0.29) is 16.4 Å². The maximum Gasteiger partial charge on any atom is 0.229 e. The number of hydrogen-bond acceptors (Lipinski definition) is 8. The molecule has 0 amide bonds. The number of benzene rings is 2. The third-order valence-electron chi connectivity index (χ3n) is 7.43. The van der Waals surface area contributed by atoms with E-state index in [1.165, 1.54) is 56.7 Å². The van der Waals surface area contributed by atoms with Crippen molar-refractivity contribution in [3.05, 3.63) is 77.6 Å². The van der Waals surface area contributed by atoms with Crippen molar-refractivity contribution in [2.75, 3.05) is 41.7 Å². The van der Waals surface area contributed by atoms with Gasteiger partial charge in [0.05, 0.1) is 10.6 Å². The van der Waals surface area contributed by atoms with Gasteiger partial charge in [0, 0.05) is 49.0 Å². The molecule has 2 aromatic carbocycles. The lowest BCUT2D eigenvalue weighted by Gasteiger charge is -2.37. The summed E-state index contributed by atoms with van der Waals surface area (Å²) in [6.45, 7) is 4.68. The Morgan fingerprint density at radius 1 is 0.775 bits per heavy atom. The number of likely N-dealkylation sites (tertiary alicyclic amines) is 1. The summed E-state index contributed by atoms with van der Waals surface area (Å²) in [6, 6.07) is 14.2. The molecule has 0 unspecified atom stereocenters. The van der Waals surface area contributed by atoms with Crippen molar-refractivity contribution in [3.63, 3.8) is 0 Å². The molecule has 2 aromatic heterocycles. The molecule has 40 heavy (non-hydrogen) atoms. The van der Waals surface area contributed by atoms with Crippen LogP contribution >= 0.6 is 11.6 Å². The Morgan fingerprint density at radius 3 is 2.23 bits per heavy atom. The van der Waals surface area contributed by atoms with Gasteiger partial charge in [0.15, 0.2) is 5.82 Å². The Labute approximate surface area is 236 Å². The molecule has 11 heteroatoms. The lowest BCUT2D eigenvalue weighted by atomic mass is 10.0. The van der Waals surface area contributed by atoms with Gasteiger partial charge < -0.3 is 20.4 Å². The van der Waals surface area contributed by atoms with Crippen LogP contribution in [0.15, 0.2) is 60.9 Å². The van der Waals surface area contributed by atoms with Crippen LogP contribution in [0.3, 0.4) is 0 Å². The summed E-state index contributed by atoms with van der Waals surface area (Å²) in [5, 5.41) is 6.11. The van der Waals surface area contributed by atoms with Gasteiger partial charge in [0.2, 0.25) is 5.95 Å². The predicted octanol–water partition coefficient (Wildman–Crippen LogP) is 6.42. The monoisotopic (exact) mass is 562 g/mol. The van der Waals surface area contributed by atoms with Gasteiger partial charge in [-0.05, 0) is 81.2 Å². The van der Waals surface area contributed by atoms with Crippen molar-refractivity contribution in [1.82, 2.24) is 24.8 Å². The summed E-state index contributed by atoms with van der Waals surface area (Å²) in [5.41, 5.74) is 2.10. The molecule has 0 spiro atoms. The first-order valence-electron chi connectivity index (χ1n) is 13.5.